The van der Waals surface area contributed by atoms with Crippen molar-refractivity contribution < 1.29 is 9.59 Å². The molecule has 2 fully saturated rings. The van der Waals surface area contributed by atoms with Crippen molar-refractivity contribution in [3.8, 4) is 0 Å². The van der Waals surface area contributed by atoms with Crippen molar-refractivity contribution >= 4 is 23.2 Å². The van der Waals surface area contributed by atoms with Gasteiger partial charge in [0, 0.05) is 37.0 Å². The van der Waals surface area contributed by atoms with E-state index in [2.05, 4.69) is 10.3 Å². The van der Waals surface area contributed by atoms with Crippen molar-refractivity contribution in [1.29, 1.82) is 0 Å². The summed E-state index contributed by atoms with van der Waals surface area (Å²) in [6, 6.07) is -0.303. The zero-order valence-electron chi connectivity index (χ0n) is 10.7. The number of rotatable bonds is 2. The van der Waals surface area contributed by atoms with Gasteiger partial charge in [-0.25, -0.2) is 4.98 Å². The maximum absolute atomic E-state index is 12.4. The summed E-state index contributed by atoms with van der Waals surface area (Å²) in [6.45, 7) is 1.53. The molecule has 0 unspecified atom stereocenters. The molecule has 0 radical (unpaired) electrons. The highest BCUT2D eigenvalue weighted by Gasteiger charge is 2.33. The van der Waals surface area contributed by atoms with Crippen LogP contribution in [0, 0.1) is 0 Å². The zero-order valence-corrected chi connectivity index (χ0v) is 11.5. The summed E-state index contributed by atoms with van der Waals surface area (Å²) in [5.74, 6) is 0.425. The van der Waals surface area contributed by atoms with Crippen LogP contribution < -0.4 is 5.32 Å². The van der Waals surface area contributed by atoms with E-state index in [0.29, 0.717) is 18.8 Å². The fourth-order valence-electron chi connectivity index (χ4n) is 2.83. The van der Waals surface area contributed by atoms with Crippen LogP contribution in [0.25, 0.3) is 0 Å². The minimum Gasteiger partial charge on any atom is -0.344 e. The van der Waals surface area contributed by atoms with E-state index in [0.717, 1.165) is 30.9 Å². The van der Waals surface area contributed by atoms with Crippen molar-refractivity contribution in [2.75, 3.05) is 13.1 Å². The average Bonchev–Trinajstić information content (AvgIpc) is 3.09. The second-order valence-corrected chi connectivity index (χ2v) is 6.08. The molecule has 0 spiro atoms. The third kappa shape index (κ3) is 2.63. The van der Waals surface area contributed by atoms with Gasteiger partial charge in [0.1, 0.15) is 6.04 Å². The van der Waals surface area contributed by atoms with Crippen LogP contribution in [-0.2, 0) is 9.59 Å². The smallest absolute Gasteiger partial charge is 0.245 e. The minimum atomic E-state index is -0.303. The Morgan fingerprint density at radius 2 is 2.37 bits per heavy atom. The second kappa shape index (κ2) is 5.28. The van der Waals surface area contributed by atoms with Crippen LogP contribution in [0.5, 0.6) is 0 Å². The normalized spacial score (nSPS) is 27.4. The van der Waals surface area contributed by atoms with Crippen molar-refractivity contribution in [3.63, 3.8) is 0 Å². The van der Waals surface area contributed by atoms with Crippen LogP contribution in [0.1, 0.15) is 36.6 Å². The van der Waals surface area contributed by atoms with Gasteiger partial charge in [0.15, 0.2) is 0 Å². The molecule has 0 aromatic carbocycles. The van der Waals surface area contributed by atoms with Crippen LogP contribution >= 0.6 is 11.3 Å². The summed E-state index contributed by atoms with van der Waals surface area (Å²) in [6.07, 6.45) is 5.03. The number of carbonyl (C=O) groups excluding carboxylic acids is 2. The number of likely N-dealkylation sites (tertiary alicyclic amines) is 1. The fraction of sp³-hybridized carbons (Fsp3) is 0.615. The largest absolute Gasteiger partial charge is 0.344 e. The lowest BCUT2D eigenvalue weighted by Crippen LogP contribution is -2.47. The molecule has 0 bridgehead atoms. The molecular formula is C13H17N3O2S. The van der Waals surface area contributed by atoms with Crippen LogP contribution in [0.4, 0.5) is 0 Å². The molecule has 1 aromatic heterocycles. The Balaban J connectivity index is 1.65. The SMILES string of the molecule is O=C1CC[C@H](C(=O)N2CCC[C@@H](c3nccs3)C2)N1. The molecule has 2 atom stereocenters. The van der Waals surface area contributed by atoms with Crippen LogP contribution in [0.2, 0.25) is 0 Å². The highest BCUT2D eigenvalue weighted by atomic mass is 32.1. The molecule has 5 nitrogen and oxygen atoms in total. The Labute approximate surface area is 116 Å². The number of hydrogen-bond donors (Lipinski definition) is 1. The molecular weight excluding hydrogens is 262 g/mol. The summed E-state index contributed by atoms with van der Waals surface area (Å²) < 4.78 is 0. The van der Waals surface area contributed by atoms with Crippen molar-refractivity contribution in [3.05, 3.63) is 16.6 Å². The van der Waals surface area contributed by atoms with Crippen molar-refractivity contribution in [2.45, 2.75) is 37.6 Å². The molecule has 19 heavy (non-hydrogen) atoms. The third-order valence-electron chi connectivity index (χ3n) is 3.83. The number of amides is 2. The maximum Gasteiger partial charge on any atom is 0.245 e. The van der Waals surface area contributed by atoms with Gasteiger partial charge in [0.2, 0.25) is 11.8 Å². The first-order valence-corrected chi connectivity index (χ1v) is 7.59. The standard InChI is InChI=1S/C13H17N3O2S/c17-11-4-3-10(15-11)13(18)16-6-1-2-9(8-16)12-14-5-7-19-12/h5,7,9-10H,1-4,6,8H2,(H,15,17)/t9-,10-/m1/s1. The molecule has 0 aliphatic carbocycles. The zero-order chi connectivity index (χ0) is 13.2. The van der Waals surface area contributed by atoms with E-state index < -0.39 is 0 Å². The Bertz CT molecular complexity index is 474. The van der Waals surface area contributed by atoms with Gasteiger partial charge in [-0.2, -0.15) is 0 Å². The highest BCUT2D eigenvalue weighted by Crippen LogP contribution is 2.28. The predicted octanol–water partition coefficient (Wildman–Crippen LogP) is 1.13. The molecule has 1 aromatic rings. The van der Waals surface area contributed by atoms with Gasteiger partial charge < -0.3 is 10.2 Å². The molecule has 102 valence electrons. The van der Waals surface area contributed by atoms with Gasteiger partial charge >= 0.3 is 0 Å². The predicted molar refractivity (Wildman–Crippen MR) is 71.8 cm³/mol. The first-order chi connectivity index (χ1) is 9.24. The summed E-state index contributed by atoms with van der Waals surface area (Å²) in [4.78, 5) is 29.8. The lowest BCUT2D eigenvalue weighted by Gasteiger charge is -2.33. The van der Waals surface area contributed by atoms with Crippen molar-refractivity contribution in [1.82, 2.24) is 15.2 Å². The van der Waals surface area contributed by atoms with E-state index in [1.807, 2.05) is 16.5 Å². The Morgan fingerprint density at radius 3 is 3.05 bits per heavy atom. The number of nitrogens with zero attached hydrogens (tertiary/aromatic N) is 2. The van der Waals surface area contributed by atoms with Gasteiger partial charge in [-0.3, -0.25) is 9.59 Å². The Morgan fingerprint density at radius 1 is 1.47 bits per heavy atom. The fourth-order valence-corrected chi connectivity index (χ4v) is 3.60. The molecule has 0 saturated carbocycles. The van der Waals surface area contributed by atoms with Gasteiger partial charge in [0.05, 0.1) is 5.01 Å². The quantitative estimate of drug-likeness (QED) is 0.882. The number of thiazole rings is 1. The molecule has 2 aliphatic rings. The summed E-state index contributed by atoms with van der Waals surface area (Å²) in [5.41, 5.74) is 0. The summed E-state index contributed by atoms with van der Waals surface area (Å²) in [5, 5.41) is 5.86. The maximum atomic E-state index is 12.4. The summed E-state index contributed by atoms with van der Waals surface area (Å²) in [7, 11) is 0. The number of piperidine rings is 1. The molecule has 1 N–H and O–H groups in total. The van der Waals surface area contributed by atoms with E-state index in [1.54, 1.807) is 11.3 Å². The second-order valence-electron chi connectivity index (χ2n) is 5.15. The van der Waals surface area contributed by atoms with Crippen molar-refractivity contribution in [2.24, 2.45) is 0 Å². The molecule has 2 aliphatic heterocycles. The van der Waals surface area contributed by atoms with Gasteiger partial charge in [-0.05, 0) is 19.3 Å². The van der Waals surface area contributed by atoms with Crippen LogP contribution in [-0.4, -0.2) is 40.8 Å². The van der Waals surface area contributed by atoms with E-state index in [1.165, 1.54) is 0 Å². The number of aromatic nitrogens is 1. The third-order valence-corrected chi connectivity index (χ3v) is 4.77. The van der Waals surface area contributed by atoms with Crippen LogP contribution in [0.3, 0.4) is 0 Å². The average molecular weight is 279 g/mol. The highest BCUT2D eigenvalue weighted by molar-refractivity contribution is 7.09. The molecule has 2 saturated heterocycles. The summed E-state index contributed by atoms with van der Waals surface area (Å²) >= 11 is 1.66. The van der Waals surface area contributed by atoms with E-state index in [4.69, 9.17) is 0 Å². The Kier molecular flexibility index (Phi) is 3.50. The lowest BCUT2D eigenvalue weighted by atomic mass is 9.98. The lowest BCUT2D eigenvalue weighted by molar-refractivity contribution is -0.135. The molecule has 3 rings (SSSR count). The van der Waals surface area contributed by atoms with E-state index in [-0.39, 0.29) is 17.9 Å². The van der Waals surface area contributed by atoms with Gasteiger partial charge in [0.25, 0.3) is 0 Å². The first kappa shape index (κ1) is 12.6. The Hall–Kier alpha value is -1.43. The topological polar surface area (TPSA) is 62.3 Å². The monoisotopic (exact) mass is 279 g/mol. The number of carbonyl (C=O) groups is 2. The van der Waals surface area contributed by atoms with Crippen LogP contribution in [0.15, 0.2) is 11.6 Å². The molecule has 3 heterocycles. The van der Waals surface area contributed by atoms with Gasteiger partial charge in [-0.15, -0.1) is 11.3 Å². The molecule has 6 heteroatoms. The van der Waals surface area contributed by atoms with Gasteiger partial charge in [-0.1, -0.05) is 0 Å². The van der Waals surface area contributed by atoms with E-state index in [9.17, 15) is 9.59 Å². The molecule has 2 amide bonds. The van der Waals surface area contributed by atoms with E-state index >= 15 is 0 Å². The number of hydrogen-bond acceptors (Lipinski definition) is 4. The first-order valence-electron chi connectivity index (χ1n) is 6.71. The number of nitrogens with one attached hydrogen (secondary N) is 1. The minimum absolute atomic E-state index is 0.00756.